The van der Waals surface area contributed by atoms with E-state index >= 15 is 0 Å². The fourth-order valence-corrected chi connectivity index (χ4v) is 2.69. The summed E-state index contributed by atoms with van der Waals surface area (Å²) in [7, 11) is 0. The Balaban J connectivity index is 1.72. The van der Waals surface area contributed by atoms with Gasteiger partial charge in [0.25, 0.3) is 0 Å². The third-order valence-electron chi connectivity index (χ3n) is 2.99. The number of fused-ring (bicyclic) bond motifs is 1. The minimum Gasteiger partial charge on any atom is -0.487 e. The van der Waals surface area contributed by atoms with Crippen LogP contribution in [-0.2, 0) is 6.61 Å². The van der Waals surface area contributed by atoms with Gasteiger partial charge in [-0.2, -0.15) is 0 Å². The minimum atomic E-state index is -0.344. The van der Waals surface area contributed by atoms with Gasteiger partial charge in [-0.3, -0.25) is 4.40 Å². The fourth-order valence-electron chi connectivity index (χ4n) is 1.97. The van der Waals surface area contributed by atoms with Crippen molar-refractivity contribution in [2.24, 2.45) is 5.73 Å². The highest BCUT2D eigenvalue weighted by molar-refractivity contribution is 7.15. The van der Waals surface area contributed by atoms with E-state index in [0.717, 1.165) is 10.7 Å². The summed E-state index contributed by atoms with van der Waals surface area (Å²) >= 11 is 1.56. The molecule has 2 heterocycles. The van der Waals surface area contributed by atoms with Crippen LogP contribution in [0.4, 0.5) is 4.39 Å². The van der Waals surface area contributed by atoms with E-state index in [9.17, 15) is 4.39 Å². The number of benzene rings is 1. The average molecular weight is 291 g/mol. The van der Waals surface area contributed by atoms with E-state index in [1.165, 1.54) is 6.07 Å². The van der Waals surface area contributed by atoms with Gasteiger partial charge in [0.1, 0.15) is 18.2 Å². The summed E-state index contributed by atoms with van der Waals surface area (Å²) in [4.78, 5) is 5.32. The van der Waals surface area contributed by atoms with Crippen molar-refractivity contribution in [3.05, 3.63) is 53.0 Å². The zero-order valence-electron chi connectivity index (χ0n) is 10.9. The Hall–Kier alpha value is -1.92. The highest BCUT2D eigenvalue weighted by Crippen LogP contribution is 2.21. The monoisotopic (exact) mass is 291 g/mol. The topological polar surface area (TPSA) is 52.5 Å². The lowest BCUT2D eigenvalue weighted by Crippen LogP contribution is -2.07. The summed E-state index contributed by atoms with van der Waals surface area (Å²) in [6.07, 6.45) is 3.84. The van der Waals surface area contributed by atoms with Gasteiger partial charge in [0, 0.05) is 35.4 Å². The molecule has 1 unspecified atom stereocenters. The van der Waals surface area contributed by atoms with Gasteiger partial charge < -0.3 is 10.5 Å². The summed E-state index contributed by atoms with van der Waals surface area (Å²) in [6, 6.07) is 4.40. The van der Waals surface area contributed by atoms with E-state index in [1.807, 2.05) is 22.2 Å². The van der Waals surface area contributed by atoms with Crippen molar-refractivity contribution in [3.63, 3.8) is 0 Å². The van der Waals surface area contributed by atoms with Crippen molar-refractivity contribution < 1.29 is 9.13 Å². The lowest BCUT2D eigenvalue weighted by atomic mass is 10.1. The lowest BCUT2D eigenvalue weighted by molar-refractivity contribution is 0.300. The SMILES string of the molecule is CC(N)c1ccc(OCc2cn3ccsc3n2)cc1F. The minimum absolute atomic E-state index is 0.311. The molecular formula is C14H14FN3OS. The molecule has 0 saturated heterocycles. The number of ether oxygens (including phenoxy) is 1. The van der Waals surface area contributed by atoms with Gasteiger partial charge >= 0.3 is 0 Å². The largest absolute Gasteiger partial charge is 0.487 e. The molecular weight excluding hydrogens is 277 g/mol. The molecule has 20 heavy (non-hydrogen) atoms. The number of hydrogen-bond acceptors (Lipinski definition) is 4. The number of rotatable bonds is 4. The van der Waals surface area contributed by atoms with Crippen molar-refractivity contribution in [3.8, 4) is 5.75 Å². The Kier molecular flexibility index (Phi) is 3.42. The van der Waals surface area contributed by atoms with Crippen LogP contribution in [0, 0.1) is 5.82 Å². The number of nitrogens with zero attached hydrogens (tertiary/aromatic N) is 2. The zero-order chi connectivity index (χ0) is 14.1. The predicted molar refractivity (Wildman–Crippen MR) is 76.4 cm³/mol. The van der Waals surface area contributed by atoms with Gasteiger partial charge in [-0.15, -0.1) is 11.3 Å². The molecule has 2 N–H and O–H groups in total. The molecule has 1 atom stereocenters. The van der Waals surface area contributed by atoms with E-state index in [1.54, 1.807) is 30.4 Å². The third-order valence-corrected chi connectivity index (χ3v) is 3.76. The van der Waals surface area contributed by atoms with Crippen LogP contribution in [0.1, 0.15) is 24.2 Å². The van der Waals surface area contributed by atoms with Gasteiger partial charge in [0.15, 0.2) is 4.96 Å². The molecule has 0 spiro atoms. The summed E-state index contributed by atoms with van der Waals surface area (Å²) in [5.74, 6) is 0.131. The van der Waals surface area contributed by atoms with E-state index in [4.69, 9.17) is 10.5 Å². The molecule has 0 aliphatic carbocycles. The highest BCUT2D eigenvalue weighted by Gasteiger charge is 2.09. The zero-order valence-corrected chi connectivity index (χ0v) is 11.7. The number of imidazole rings is 1. The van der Waals surface area contributed by atoms with Crippen LogP contribution >= 0.6 is 11.3 Å². The first kappa shape index (κ1) is 13.1. The molecule has 1 aromatic carbocycles. The molecule has 4 nitrogen and oxygen atoms in total. The standard InChI is InChI=1S/C14H14FN3OS/c1-9(16)12-3-2-11(6-13(12)15)19-8-10-7-18-4-5-20-14(18)17-10/h2-7,9H,8,16H2,1H3. The van der Waals surface area contributed by atoms with Crippen LogP contribution < -0.4 is 10.5 Å². The van der Waals surface area contributed by atoms with Crippen LogP contribution in [-0.4, -0.2) is 9.38 Å². The molecule has 0 amide bonds. The van der Waals surface area contributed by atoms with Crippen LogP contribution in [0.25, 0.3) is 4.96 Å². The van der Waals surface area contributed by atoms with Gasteiger partial charge in [-0.05, 0) is 13.0 Å². The number of halogens is 1. The van der Waals surface area contributed by atoms with Crippen molar-refractivity contribution in [1.82, 2.24) is 9.38 Å². The molecule has 0 saturated carbocycles. The maximum atomic E-state index is 13.8. The van der Waals surface area contributed by atoms with Gasteiger partial charge in [-0.1, -0.05) is 6.07 Å². The predicted octanol–water partition coefficient (Wildman–Crippen LogP) is 3.13. The van der Waals surface area contributed by atoms with E-state index in [-0.39, 0.29) is 11.9 Å². The fraction of sp³-hybridized carbons (Fsp3) is 0.214. The maximum absolute atomic E-state index is 13.8. The summed E-state index contributed by atoms with van der Waals surface area (Å²) in [5.41, 5.74) is 6.97. The molecule has 0 aliphatic rings. The van der Waals surface area contributed by atoms with E-state index in [2.05, 4.69) is 4.98 Å². The second-order valence-corrected chi connectivity index (χ2v) is 5.46. The molecule has 0 aliphatic heterocycles. The van der Waals surface area contributed by atoms with Crippen molar-refractivity contribution in [1.29, 1.82) is 0 Å². The van der Waals surface area contributed by atoms with E-state index < -0.39 is 0 Å². The Bertz CT molecular complexity index is 706. The number of hydrogen-bond donors (Lipinski definition) is 1. The quantitative estimate of drug-likeness (QED) is 0.803. The van der Waals surface area contributed by atoms with Gasteiger partial charge in [0.05, 0.1) is 5.69 Å². The first-order valence-electron chi connectivity index (χ1n) is 6.22. The molecule has 0 radical (unpaired) electrons. The summed E-state index contributed by atoms with van der Waals surface area (Å²) in [6.45, 7) is 2.06. The van der Waals surface area contributed by atoms with Crippen molar-refractivity contribution >= 4 is 16.3 Å². The second-order valence-electron chi connectivity index (χ2n) is 4.59. The highest BCUT2D eigenvalue weighted by atomic mass is 32.1. The van der Waals surface area contributed by atoms with Crippen LogP contribution in [0.15, 0.2) is 36.0 Å². The molecule has 3 aromatic rings. The smallest absolute Gasteiger partial charge is 0.193 e. The molecule has 104 valence electrons. The molecule has 0 fully saturated rings. The molecule has 2 aromatic heterocycles. The Labute approximate surface area is 119 Å². The van der Waals surface area contributed by atoms with Gasteiger partial charge in [0.2, 0.25) is 0 Å². The Morgan fingerprint density at radius 1 is 1.50 bits per heavy atom. The molecule has 3 rings (SSSR count). The van der Waals surface area contributed by atoms with Crippen molar-refractivity contribution in [2.75, 3.05) is 0 Å². The third kappa shape index (κ3) is 2.52. The maximum Gasteiger partial charge on any atom is 0.193 e. The van der Waals surface area contributed by atoms with Crippen molar-refractivity contribution in [2.45, 2.75) is 19.6 Å². The van der Waals surface area contributed by atoms with E-state index in [0.29, 0.717) is 17.9 Å². The first-order chi connectivity index (χ1) is 9.63. The van der Waals surface area contributed by atoms with Gasteiger partial charge in [-0.25, -0.2) is 9.37 Å². The molecule has 0 bridgehead atoms. The number of nitrogens with two attached hydrogens (primary N) is 1. The summed E-state index contributed by atoms with van der Waals surface area (Å²) in [5, 5.41) is 1.97. The van der Waals surface area contributed by atoms with Crippen LogP contribution in [0.5, 0.6) is 5.75 Å². The normalized spacial score (nSPS) is 12.8. The number of aromatic nitrogens is 2. The summed E-state index contributed by atoms with van der Waals surface area (Å²) < 4.78 is 21.3. The average Bonchev–Trinajstić information content (AvgIpc) is 2.96. The molecule has 6 heteroatoms. The second kappa shape index (κ2) is 5.22. The van der Waals surface area contributed by atoms with Crippen LogP contribution in [0.3, 0.4) is 0 Å². The Morgan fingerprint density at radius 3 is 3.05 bits per heavy atom. The Morgan fingerprint density at radius 2 is 2.35 bits per heavy atom. The first-order valence-corrected chi connectivity index (χ1v) is 7.10. The lowest BCUT2D eigenvalue weighted by Gasteiger charge is -2.09. The number of thiazole rings is 1. The van der Waals surface area contributed by atoms with Crippen LogP contribution in [0.2, 0.25) is 0 Å².